The molecule has 4 nitrogen and oxygen atoms in total. The zero-order chi connectivity index (χ0) is 23.3. The number of carbonyl (C=O) groups excluding carboxylic acids is 2. The number of hydrogen-bond donors (Lipinski definition) is 1. The van der Waals surface area contributed by atoms with Gasteiger partial charge in [-0.2, -0.15) is 10.9 Å². The second kappa shape index (κ2) is 10.3. The Balaban J connectivity index is 1.55. The van der Waals surface area contributed by atoms with Gasteiger partial charge in [-0.1, -0.05) is 56.3 Å². The molecule has 0 amide bonds. The molecule has 0 radical (unpaired) electrons. The fraction of sp³-hybridized carbons (Fsp3) is 0.286. The average Bonchev–Trinajstić information content (AvgIpc) is 3.31. The summed E-state index contributed by atoms with van der Waals surface area (Å²) in [6.07, 6.45) is 3.59. The van der Waals surface area contributed by atoms with Crippen LogP contribution < -0.4 is 4.74 Å². The molecule has 0 aromatic heterocycles. The lowest BCUT2D eigenvalue weighted by Gasteiger charge is -2.32. The van der Waals surface area contributed by atoms with Crippen molar-refractivity contribution in [2.75, 3.05) is 0 Å². The lowest BCUT2D eigenvalue weighted by molar-refractivity contribution is -0.176. The van der Waals surface area contributed by atoms with Crippen molar-refractivity contribution in [3.63, 3.8) is 0 Å². The number of carbonyl (C=O) groups is 2. The van der Waals surface area contributed by atoms with E-state index in [2.05, 4.69) is 24.3 Å². The van der Waals surface area contributed by atoms with Crippen LogP contribution in [0.2, 0.25) is 0 Å². The third kappa shape index (κ3) is 5.31. The number of ether oxygens (including phenoxy) is 2. The molecule has 1 fully saturated rings. The standard InChI is InChI=1S/C28H30O4S/c1-21(2)28(18-9-10-19-28)32-27(30)26(29)31-22-12-11-17-25(20-22)33(23-13-5-3-6-14-23)24-15-7-4-8-16-24/h3-8,11-17,20-21,33H,9-10,18-19H2,1-2H3. The normalized spacial score (nSPS) is 15.2. The van der Waals surface area contributed by atoms with E-state index < -0.39 is 28.4 Å². The number of benzene rings is 3. The molecule has 33 heavy (non-hydrogen) atoms. The fourth-order valence-electron chi connectivity index (χ4n) is 4.43. The minimum Gasteiger partial charge on any atom is -0.450 e. The fourth-order valence-corrected chi connectivity index (χ4v) is 6.76. The van der Waals surface area contributed by atoms with Crippen LogP contribution in [0, 0.1) is 5.92 Å². The Bertz CT molecular complexity index is 1050. The van der Waals surface area contributed by atoms with Gasteiger partial charge in [0.1, 0.15) is 11.4 Å². The zero-order valence-electron chi connectivity index (χ0n) is 19.1. The van der Waals surface area contributed by atoms with E-state index in [4.69, 9.17) is 9.47 Å². The summed E-state index contributed by atoms with van der Waals surface area (Å²) < 4.78 is 11.2. The Kier molecular flexibility index (Phi) is 7.19. The van der Waals surface area contributed by atoms with E-state index in [1.807, 2.05) is 68.4 Å². The first-order valence-corrected chi connectivity index (χ1v) is 12.8. The quantitative estimate of drug-likeness (QED) is 0.194. The number of rotatable bonds is 6. The molecule has 0 heterocycles. The van der Waals surface area contributed by atoms with Crippen molar-refractivity contribution < 1.29 is 19.1 Å². The first-order valence-electron chi connectivity index (χ1n) is 11.4. The highest BCUT2D eigenvalue weighted by Crippen LogP contribution is 2.51. The van der Waals surface area contributed by atoms with Gasteiger partial charge in [-0.05, 0) is 88.8 Å². The second-order valence-electron chi connectivity index (χ2n) is 8.71. The van der Waals surface area contributed by atoms with Crippen LogP contribution in [-0.2, 0) is 14.3 Å². The predicted molar refractivity (Wildman–Crippen MR) is 131 cm³/mol. The summed E-state index contributed by atoms with van der Waals surface area (Å²) in [5.74, 6) is -1.38. The SMILES string of the molecule is CC(C)C1(OC(=O)C(=O)Oc2cccc([SH](c3ccccc3)c3ccccc3)c2)CCCC1. The van der Waals surface area contributed by atoms with Gasteiger partial charge in [-0.3, -0.25) is 0 Å². The Labute approximate surface area is 198 Å². The van der Waals surface area contributed by atoms with Crippen LogP contribution in [0.15, 0.2) is 99.6 Å². The Morgan fingerprint density at radius 1 is 0.758 bits per heavy atom. The smallest absolute Gasteiger partial charge is 0.422 e. The van der Waals surface area contributed by atoms with Gasteiger partial charge < -0.3 is 9.47 Å². The van der Waals surface area contributed by atoms with Gasteiger partial charge in [0.25, 0.3) is 0 Å². The van der Waals surface area contributed by atoms with E-state index in [1.165, 1.54) is 9.79 Å². The summed E-state index contributed by atoms with van der Waals surface area (Å²) in [6, 6.07) is 28.0. The van der Waals surface area contributed by atoms with Crippen LogP contribution in [0.5, 0.6) is 5.75 Å². The summed E-state index contributed by atoms with van der Waals surface area (Å²) >= 11 is 0. The molecule has 0 aliphatic heterocycles. The van der Waals surface area contributed by atoms with Crippen molar-refractivity contribution in [3.05, 3.63) is 84.9 Å². The molecule has 1 aliphatic rings. The maximum atomic E-state index is 12.6. The number of hydrogen-bond acceptors (Lipinski definition) is 4. The Morgan fingerprint density at radius 3 is 1.85 bits per heavy atom. The summed E-state index contributed by atoms with van der Waals surface area (Å²) in [4.78, 5) is 28.6. The van der Waals surface area contributed by atoms with Crippen molar-refractivity contribution in [1.82, 2.24) is 0 Å². The number of esters is 2. The summed E-state index contributed by atoms with van der Waals surface area (Å²) in [6.45, 7) is 4.06. The lowest BCUT2D eigenvalue weighted by atomic mass is 9.88. The minimum atomic E-state index is -0.970. The lowest BCUT2D eigenvalue weighted by Crippen LogP contribution is -2.40. The summed E-state index contributed by atoms with van der Waals surface area (Å²) in [7, 11) is -0.838. The maximum absolute atomic E-state index is 12.6. The Morgan fingerprint density at radius 2 is 1.30 bits per heavy atom. The summed E-state index contributed by atoms with van der Waals surface area (Å²) in [5, 5.41) is 0. The molecule has 5 heteroatoms. The minimum absolute atomic E-state index is 0.153. The van der Waals surface area contributed by atoms with Crippen molar-refractivity contribution in [3.8, 4) is 5.75 Å². The third-order valence-electron chi connectivity index (χ3n) is 6.28. The Hall–Kier alpha value is -3.05. The zero-order valence-corrected chi connectivity index (χ0v) is 20.0. The average molecular weight is 463 g/mol. The molecule has 0 atom stereocenters. The maximum Gasteiger partial charge on any atom is 0.422 e. The molecule has 4 rings (SSSR count). The molecule has 3 aromatic rings. The molecule has 3 aromatic carbocycles. The predicted octanol–water partition coefficient (Wildman–Crippen LogP) is 6.58. The molecular formula is C28H30O4S. The van der Waals surface area contributed by atoms with Crippen LogP contribution in [0.25, 0.3) is 0 Å². The molecule has 0 bridgehead atoms. The van der Waals surface area contributed by atoms with Crippen LogP contribution >= 0.6 is 10.9 Å². The second-order valence-corrected chi connectivity index (χ2v) is 10.9. The molecule has 172 valence electrons. The van der Waals surface area contributed by atoms with Crippen LogP contribution in [-0.4, -0.2) is 17.5 Å². The highest BCUT2D eigenvalue weighted by molar-refractivity contribution is 8.17. The first kappa shape index (κ1) is 23.1. The van der Waals surface area contributed by atoms with Gasteiger partial charge in [-0.15, -0.1) is 0 Å². The topological polar surface area (TPSA) is 52.6 Å². The molecule has 0 saturated heterocycles. The van der Waals surface area contributed by atoms with Crippen molar-refractivity contribution in [2.24, 2.45) is 5.92 Å². The van der Waals surface area contributed by atoms with E-state index >= 15 is 0 Å². The van der Waals surface area contributed by atoms with Gasteiger partial charge in [0.15, 0.2) is 0 Å². The molecule has 1 aliphatic carbocycles. The van der Waals surface area contributed by atoms with Crippen molar-refractivity contribution in [2.45, 2.75) is 59.8 Å². The van der Waals surface area contributed by atoms with E-state index in [-0.39, 0.29) is 5.92 Å². The van der Waals surface area contributed by atoms with Gasteiger partial charge in [-0.25, -0.2) is 9.59 Å². The number of thiol groups is 1. The van der Waals surface area contributed by atoms with Crippen LogP contribution in [0.3, 0.4) is 0 Å². The van der Waals surface area contributed by atoms with E-state index in [0.717, 1.165) is 30.6 Å². The highest BCUT2D eigenvalue weighted by Gasteiger charge is 2.42. The molecule has 1 saturated carbocycles. The molecular weight excluding hydrogens is 432 g/mol. The third-order valence-corrected chi connectivity index (χ3v) is 8.70. The molecule has 0 spiro atoms. The van der Waals surface area contributed by atoms with Gasteiger partial charge >= 0.3 is 11.9 Å². The molecule has 0 N–H and O–H groups in total. The van der Waals surface area contributed by atoms with Gasteiger partial charge in [0.2, 0.25) is 0 Å². The van der Waals surface area contributed by atoms with Gasteiger partial charge in [0, 0.05) is 0 Å². The van der Waals surface area contributed by atoms with Crippen molar-refractivity contribution >= 4 is 22.8 Å². The van der Waals surface area contributed by atoms with E-state index in [0.29, 0.717) is 5.75 Å². The largest absolute Gasteiger partial charge is 0.450 e. The van der Waals surface area contributed by atoms with Crippen LogP contribution in [0.1, 0.15) is 39.5 Å². The van der Waals surface area contributed by atoms with Crippen LogP contribution in [0.4, 0.5) is 0 Å². The summed E-state index contributed by atoms with van der Waals surface area (Å²) in [5.41, 5.74) is -0.563. The first-order chi connectivity index (χ1) is 16.0. The van der Waals surface area contributed by atoms with E-state index in [9.17, 15) is 9.59 Å². The highest BCUT2D eigenvalue weighted by atomic mass is 32.2. The van der Waals surface area contributed by atoms with E-state index in [1.54, 1.807) is 6.07 Å². The van der Waals surface area contributed by atoms with Gasteiger partial charge in [0.05, 0.1) is 0 Å². The monoisotopic (exact) mass is 462 g/mol. The van der Waals surface area contributed by atoms with Crippen molar-refractivity contribution in [1.29, 1.82) is 0 Å². The molecule has 0 unspecified atom stereocenters.